The van der Waals surface area contributed by atoms with E-state index in [2.05, 4.69) is 10.1 Å². The van der Waals surface area contributed by atoms with E-state index in [1.165, 1.54) is 11.6 Å². The van der Waals surface area contributed by atoms with Gasteiger partial charge in [0, 0.05) is 13.7 Å². The number of halogens is 1. The van der Waals surface area contributed by atoms with Gasteiger partial charge in [-0.3, -0.25) is 4.79 Å². The van der Waals surface area contributed by atoms with Crippen molar-refractivity contribution in [3.63, 3.8) is 0 Å². The van der Waals surface area contributed by atoms with Crippen LogP contribution in [0.5, 0.6) is 5.75 Å². The third-order valence-corrected chi connectivity index (χ3v) is 3.77. The van der Waals surface area contributed by atoms with Gasteiger partial charge < -0.3 is 19.5 Å². The van der Waals surface area contributed by atoms with E-state index in [0.717, 1.165) is 31.5 Å². The van der Waals surface area contributed by atoms with Crippen molar-refractivity contribution in [2.75, 3.05) is 32.1 Å². The summed E-state index contributed by atoms with van der Waals surface area (Å²) in [5.41, 5.74) is 2.36. The van der Waals surface area contributed by atoms with Crippen LogP contribution in [0.2, 0.25) is 0 Å². The van der Waals surface area contributed by atoms with Gasteiger partial charge in [0.1, 0.15) is 0 Å². The maximum absolute atomic E-state index is 14.1. The lowest BCUT2D eigenvalue weighted by molar-refractivity contribution is -0.118. The molecule has 0 aromatic heterocycles. The summed E-state index contributed by atoms with van der Waals surface area (Å²) in [5, 5.41) is 2.64. The molecule has 2 heterocycles. The number of amides is 1. The molecule has 116 valence electrons. The van der Waals surface area contributed by atoms with Crippen LogP contribution < -0.4 is 10.1 Å². The number of nitrogens with zero attached hydrogens (tertiary/aromatic N) is 1. The second-order valence-corrected chi connectivity index (χ2v) is 5.59. The van der Waals surface area contributed by atoms with E-state index in [1.807, 2.05) is 6.08 Å². The van der Waals surface area contributed by atoms with Crippen molar-refractivity contribution in [1.29, 1.82) is 0 Å². The Labute approximate surface area is 129 Å². The van der Waals surface area contributed by atoms with Gasteiger partial charge in [-0.15, -0.1) is 0 Å². The zero-order chi connectivity index (χ0) is 15.5. The lowest BCUT2D eigenvalue weighted by atomic mass is 9.97. The highest BCUT2D eigenvalue weighted by molar-refractivity contribution is 6.23. The number of piperidine rings is 1. The number of hydrogen-bond donors (Lipinski definition) is 1. The van der Waals surface area contributed by atoms with Crippen molar-refractivity contribution in [1.82, 2.24) is 4.81 Å². The topological polar surface area (TPSA) is 50.8 Å². The Morgan fingerprint density at radius 3 is 3.18 bits per heavy atom. The molecule has 0 aliphatic carbocycles. The molecule has 0 spiro atoms. The van der Waals surface area contributed by atoms with E-state index in [9.17, 15) is 9.18 Å². The SMILES string of the molecule is COBN1CCCC(=Cc2cc(F)c3c(c2)NC(=O)CO3)C1. The van der Waals surface area contributed by atoms with Crippen LogP contribution in [0, 0.1) is 5.82 Å². The highest BCUT2D eigenvalue weighted by Gasteiger charge is 2.21. The first-order valence-corrected chi connectivity index (χ1v) is 7.32. The molecule has 0 saturated carbocycles. The van der Waals surface area contributed by atoms with E-state index in [-0.39, 0.29) is 18.3 Å². The van der Waals surface area contributed by atoms with Gasteiger partial charge in [0.25, 0.3) is 5.91 Å². The molecule has 1 aromatic carbocycles. The first kappa shape index (κ1) is 15.1. The summed E-state index contributed by atoms with van der Waals surface area (Å²) in [7, 11) is 2.28. The Kier molecular flexibility index (Phi) is 4.45. The van der Waals surface area contributed by atoms with Crippen molar-refractivity contribution >= 4 is 25.3 Å². The lowest BCUT2D eigenvalue weighted by Crippen LogP contribution is -2.35. The van der Waals surface area contributed by atoms with Crippen LogP contribution in [0.3, 0.4) is 0 Å². The van der Waals surface area contributed by atoms with E-state index < -0.39 is 5.82 Å². The molecule has 3 rings (SSSR count). The number of benzene rings is 1. The van der Waals surface area contributed by atoms with Gasteiger partial charge in [0.15, 0.2) is 18.2 Å². The van der Waals surface area contributed by atoms with Crippen LogP contribution in [0.1, 0.15) is 18.4 Å². The molecular weight excluding hydrogens is 286 g/mol. The van der Waals surface area contributed by atoms with Crippen LogP contribution in [-0.2, 0) is 9.45 Å². The fraction of sp³-hybridized carbons (Fsp3) is 0.400. The van der Waals surface area contributed by atoms with Gasteiger partial charge in [-0.2, -0.15) is 0 Å². The molecule has 2 aliphatic rings. The smallest absolute Gasteiger partial charge is 0.363 e. The Hall–Kier alpha value is -1.86. The fourth-order valence-corrected chi connectivity index (χ4v) is 2.88. The van der Waals surface area contributed by atoms with Crippen molar-refractivity contribution in [2.45, 2.75) is 12.8 Å². The Bertz CT molecular complexity index is 619. The molecule has 1 aromatic rings. The van der Waals surface area contributed by atoms with Crippen LogP contribution in [0.4, 0.5) is 10.1 Å². The molecule has 1 N–H and O–H groups in total. The van der Waals surface area contributed by atoms with Gasteiger partial charge in [-0.1, -0.05) is 11.6 Å². The number of nitrogens with one attached hydrogen (secondary N) is 1. The molecule has 2 aliphatic heterocycles. The highest BCUT2D eigenvalue weighted by Crippen LogP contribution is 2.33. The van der Waals surface area contributed by atoms with Crippen molar-refractivity contribution in [3.05, 3.63) is 29.1 Å². The number of carbonyl (C=O) groups is 1. The predicted octanol–water partition coefficient (Wildman–Crippen LogP) is 1.55. The van der Waals surface area contributed by atoms with Crippen LogP contribution >= 0.6 is 0 Å². The molecular formula is C15H18BFN2O3. The van der Waals surface area contributed by atoms with E-state index in [0.29, 0.717) is 13.3 Å². The maximum atomic E-state index is 14.1. The number of carbonyl (C=O) groups excluding carboxylic acids is 1. The highest BCUT2D eigenvalue weighted by atomic mass is 19.1. The third-order valence-electron chi connectivity index (χ3n) is 3.77. The molecule has 0 atom stereocenters. The first-order chi connectivity index (χ1) is 10.7. The second-order valence-electron chi connectivity index (χ2n) is 5.59. The predicted molar refractivity (Wildman–Crippen MR) is 83.5 cm³/mol. The lowest BCUT2D eigenvalue weighted by Gasteiger charge is -2.27. The monoisotopic (exact) mass is 304 g/mol. The molecule has 1 fully saturated rings. The van der Waals surface area contributed by atoms with Gasteiger partial charge in [-0.05, 0) is 37.1 Å². The molecule has 1 saturated heterocycles. The normalized spacial score (nSPS) is 20.3. The summed E-state index contributed by atoms with van der Waals surface area (Å²) >= 11 is 0. The standard InChI is InChI=1S/C15H18BFN2O3/c1-21-16-19-4-2-3-10(8-19)5-11-6-12(17)15-13(7-11)18-14(20)9-22-15/h5-7,16H,2-4,8-9H2,1H3,(H,18,20). The first-order valence-electron chi connectivity index (χ1n) is 7.32. The van der Waals surface area contributed by atoms with Crippen LogP contribution in [-0.4, -0.2) is 45.1 Å². The number of fused-ring (bicyclic) bond motifs is 1. The van der Waals surface area contributed by atoms with Gasteiger partial charge in [0.05, 0.1) is 5.69 Å². The van der Waals surface area contributed by atoms with E-state index in [1.54, 1.807) is 13.2 Å². The number of ether oxygens (including phenoxy) is 1. The summed E-state index contributed by atoms with van der Waals surface area (Å²) in [6, 6.07) is 3.19. The van der Waals surface area contributed by atoms with E-state index >= 15 is 0 Å². The molecule has 22 heavy (non-hydrogen) atoms. The number of hydrogen-bond acceptors (Lipinski definition) is 4. The van der Waals surface area contributed by atoms with Crippen LogP contribution in [0.15, 0.2) is 17.7 Å². The molecule has 1 amide bonds. The summed E-state index contributed by atoms with van der Waals surface area (Å²) < 4.78 is 24.4. The molecule has 7 heteroatoms. The zero-order valence-electron chi connectivity index (χ0n) is 12.5. The zero-order valence-corrected chi connectivity index (χ0v) is 12.5. The minimum absolute atomic E-state index is 0.117. The Morgan fingerprint density at radius 1 is 1.50 bits per heavy atom. The average Bonchev–Trinajstić information content (AvgIpc) is 2.47. The number of rotatable bonds is 3. The molecule has 5 nitrogen and oxygen atoms in total. The molecule has 0 bridgehead atoms. The fourth-order valence-electron chi connectivity index (χ4n) is 2.88. The van der Waals surface area contributed by atoms with Gasteiger partial charge >= 0.3 is 7.62 Å². The van der Waals surface area contributed by atoms with Crippen molar-refractivity contribution < 1.29 is 18.6 Å². The van der Waals surface area contributed by atoms with E-state index in [4.69, 9.17) is 9.39 Å². The van der Waals surface area contributed by atoms with Gasteiger partial charge in [0.2, 0.25) is 0 Å². The quantitative estimate of drug-likeness (QED) is 0.861. The summed E-state index contributed by atoms with van der Waals surface area (Å²) in [5.74, 6) is -0.596. The minimum Gasteiger partial charge on any atom is -0.478 e. The summed E-state index contributed by atoms with van der Waals surface area (Å²) in [6.07, 6.45) is 4.02. The number of anilines is 1. The average molecular weight is 304 g/mol. The third kappa shape index (κ3) is 3.31. The summed E-state index contributed by atoms with van der Waals surface area (Å²) in [6.45, 7) is 1.68. The second kappa shape index (κ2) is 6.50. The van der Waals surface area contributed by atoms with Crippen molar-refractivity contribution in [3.8, 4) is 5.75 Å². The Morgan fingerprint density at radius 2 is 2.36 bits per heavy atom. The minimum atomic E-state index is -0.450. The van der Waals surface area contributed by atoms with Crippen LogP contribution in [0.25, 0.3) is 6.08 Å². The van der Waals surface area contributed by atoms with Gasteiger partial charge in [-0.25, -0.2) is 4.39 Å². The maximum Gasteiger partial charge on any atom is 0.363 e. The molecule has 0 radical (unpaired) electrons. The largest absolute Gasteiger partial charge is 0.478 e. The van der Waals surface area contributed by atoms with Crippen molar-refractivity contribution in [2.24, 2.45) is 0 Å². The Balaban J connectivity index is 1.83. The summed E-state index contributed by atoms with van der Waals surface area (Å²) in [4.78, 5) is 13.6. The molecule has 0 unspecified atom stereocenters.